The number of nitrogens with zero attached hydrogens (tertiary/aromatic N) is 2. The third-order valence-electron chi connectivity index (χ3n) is 13.2. The lowest BCUT2D eigenvalue weighted by molar-refractivity contribution is -0.319. The van der Waals surface area contributed by atoms with Crippen molar-refractivity contribution in [3.63, 3.8) is 0 Å². The molecule has 2 N–H and O–H groups in total. The molecular weight excluding hydrogens is 869 g/mol. The number of benzene rings is 1. The second-order valence-electron chi connectivity index (χ2n) is 18.8. The summed E-state index contributed by atoms with van der Waals surface area (Å²) in [5, 5.41) is 24.6. The van der Waals surface area contributed by atoms with Crippen LogP contribution in [0.2, 0.25) is 0 Å². The average Bonchev–Trinajstić information content (AvgIpc) is 3.26. The normalized spacial score (nSPS) is 36.0. The van der Waals surface area contributed by atoms with E-state index in [-0.39, 0.29) is 38.6 Å². The van der Waals surface area contributed by atoms with Gasteiger partial charge in [-0.05, 0) is 78.6 Å². The lowest BCUT2D eigenvalue weighted by Crippen LogP contribution is -2.67. The number of carbonyl (C=O) groups excluding carboxylic acids is 5. The highest BCUT2D eigenvalue weighted by molar-refractivity contribution is 5.73. The van der Waals surface area contributed by atoms with Gasteiger partial charge in [-0.3, -0.25) is 24.1 Å². The van der Waals surface area contributed by atoms with Gasteiger partial charge in [0.1, 0.15) is 30.7 Å². The molecule has 16 atom stereocenters. The van der Waals surface area contributed by atoms with E-state index in [2.05, 4.69) is 11.8 Å². The Morgan fingerprint density at radius 1 is 0.985 bits per heavy atom. The Morgan fingerprint density at radius 3 is 2.27 bits per heavy atom. The van der Waals surface area contributed by atoms with Crippen LogP contribution < -0.4 is 0 Å². The van der Waals surface area contributed by atoms with E-state index in [0.717, 1.165) is 11.8 Å². The van der Waals surface area contributed by atoms with Crippen LogP contribution in [-0.2, 0) is 61.9 Å². The van der Waals surface area contributed by atoms with Crippen molar-refractivity contribution in [2.45, 2.75) is 179 Å². The van der Waals surface area contributed by atoms with Gasteiger partial charge >= 0.3 is 23.9 Å². The van der Waals surface area contributed by atoms with Crippen molar-refractivity contribution in [3.8, 4) is 11.8 Å². The predicted octanol–water partition coefficient (Wildman–Crippen LogP) is 3.85. The topological polar surface area (TPSA) is 206 Å². The monoisotopic (exact) mass is 945 g/mol. The van der Waals surface area contributed by atoms with Gasteiger partial charge in [-0.15, -0.1) is 0 Å². The number of likely N-dealkylation sites (N-methyl/N-ethyl adjacent to an activating group) is 1. The number of hydrogen-bond acceptors (Lipinski definition) is 17. The zero-order valence-electron chi connectivity index (χ0n) is 41.3. The number of rotatable bonds is 13. The summed E-state index contributed by atoms with van der Waals surface area (Å²) in [4.78, 5) is 68.3. The number of aliphatic hydroxyl groups is 2. The van der Waals surface area contributed by atoms with Crippen LogP contribution in [0.15, 0.2) is 30.3 Å². The lowest BCUT2D eigenvalue weighted by Gasteiger charge is -2.53. The largest absolute Gasteiger partial charge is 0.463 e. The molecule has 0 unspecified atom stereocenters. The molecule has 3 aliphatic heterocycles. The van der Waals surface area contributed by atoms with Gasteiger partial charge in [0.05, 0.1) is 49.5 Å². The van der Waals surface area contributed by atoms with Gasteiger partial charge in [0.15, 0.2) is 18.0 Å². The molecule has 0 aromatic heterocycles. The summed E-state index contributed by atoms with van der Waals surface area (Å²) in [5.41, 5.74) is -0.478. The molecule has 0 bridgehead atoms. The molecule has 0 radical (unpaired) electrons. The maximum absolute atomic E-state index is 13.8. The van der Waals surface area contributed by atoms with Gasteiger partial charge < -0.3 is 57.8 Å². The van der Waals surface area contributed by atoms with Crippen LogP contribution in [0.4, 0.5) is 0 Å². The first-order valence-electron chi connectivity index (χ1n) is 23.7. The fourth-order valence-electron chi connectivity index (χ4n) is 9.85. The number of β-amino-alcohol motifs (C(OH)–C–C–N with tert-alkyl or cyclic N) is 1. The van der Waals surface area contributed by atoms with E-state index in [1.165, 1.54) is 14.0 Å². The number of cyclic esters (lactones) is 1. The molecular formula is C50H76N2O15. The molecule has 3 aliphatic rings. The molecule has 3 saturated heterocycles. The van der Waals surface area contributed by atoms with Crippen LogP contribution in [0.25, 0.3) is 0 Å². The van der Waals surface area contributed by atoms with Gasteiger partial charge in [-0.25, -0.2) is 0 Å². The summed E-state index contributed by atoms with van der Waals surface area (Å²) in [6, 6.07) is 8.76. The summed E-state index contributed by atoms with van der Waals surface area (Å²) in [6.45, 7) is 14.4. The SMILES string of the molecule is CCC(=O)O[C@@H]1CC(=O)O[C@H](C)CCN(CC#Cc2ccccc2)C[C@H](O)[C@H](C)C[C@H](CC=O)[C@H]([C@@H]2O[C@H](C)[C@@H](O[C@H]3C[C@@](C)(OC(C)=O)[C@@H](OC(=O)CC)[C@H](C)O3)[C@H](N(C)C)[C@H]2O)[C@@H]1OC. The molecule has 1 aromatic rings. The first-order valence-corrected chi connectivity index (χ1v) is 23.7. The summed E-state index contributed by atoms with van der Waals surface area (Å²) in [7, 11) is 4.97. The van der Waals surface area contributed by atoms with Crippen LogP contribution in [0.1, 0.15) is 106 Å². The van der Waals surface area contributed by atoms with Crippen molar-refractivity contribution < 1.29 is 72.1 Å². The molecule has 67 heavy (non-hydrogen) atoms. The van der Waals surface area contributed by atoms with Gasteiger partial charge in [-0.1, -0.05) is 50.8 Å². The van der Waals surface area contributed by atoms with Gasteiger partial charge in [0, 0.05) is 64.3 Å². The highest BCUT2D eigenvalue weighted by Crippen LogP contribution is 2.43. The first-order chi connectivity index (χ1) is 31.7. The van der Waals surface area contributed by atoms with Crippen molar-refractivity contribution in [1.82, 2.24) is 9.80 Å². The number of hydrogen-bond donors (Lipinski definition) is 2. The van der Waals surface area contributed by atoms with E-state index in [1.807, 2.05) is 42.2 Å². The molecule has 1 aromatic carbocycles. The van der Waals surface area contributed by atoms with Crippen LogP contribution in [0.5, 0.6) is 0 Å². The second kappa shape index (κ2) is 26.1. The second-order valence-corrected chi connectivity index (χ2v) is 18.8. The quantitative estimate of drug-likeness (QED) is 0.125. The number of aliphatic hydroxyl groups excluding tert-OH is 2. The molecule has 0 spiro atoms. The van der Waals surface area contributed by atoms with Crippen LogP contribution in [0.3, 0.4) is 0 Å². The fourth-order valence-corrected chi connectivity index (χ4v) is 9.85. The molecule has 0 aliphatic carbocycles. The molecule has 4 rings (SSSR count). The predicted molar refractivity (Wildman–Crippen MR) is 245 cm³/mol. The number of carbonyl (C=O) groups is 5. The standard InChI is InChI=1S/C50H76N2O15/c1-12-39(56)64-38-27-41(58)61-31(4)21-24-52(23-17-20-35-18-15-14-16-19-35)29-37(55)30(3)26-36(22-25-53)43(47(38)60-11)48-45(59)44(51(9)10)46(32(5)63-48)66-42-28-50(8,67-34(7)54)49(33(6)62-42)65-40(57)13-2/h14-16,18-19,25,30-33,36-38,42-49,55,59H,12-13,21-24,26-29H2,1-11H3/t30-,31-,32-,33+,36+,37+,38-,42+,43+,44-,45-,46-,47-,48+,49+,50-/m1/s1. The van der Waals surface area contributed by atoms with E-state index in [1.54, 1.807) is 60.5 Å². The van der Waals surface area contributed by atoms with Crippen molar-refractivity contribution in [2.24, 2.45) is 17.8 Å². The third kappa shape index (κ3) is 15.5. The first kappa shape index (κ1) is 55.6. The Labute approximate surface area is 396 Å². The molecule has 17 heteroatoms. The maximum Gasteiger partial charge on any atom is 0.309 e. The van der Waals surface area contributed by atoms with Gasteiger partial charge in [0.2, 0.25) is 0 Å². The van der Waals surface area contributed by atoms with E-state index in [4.69, 9.17) is 37.9 Å². The third-order valence-corrected chi connectivity index (χ3v) is 13.2. The Bertz CT molecular complexity index is 1820. The number of ether oxygens (including phenoxy) is 8. The van der Waals surface area contributed by atoms with Crippen LogP contribution in [0, 0.1) is 29.6 Å². The molecule has 0 amide bonds. The van der Waals surface area contributed by atoms with Gasteiger partial charge in [-0.2, -0.15) is 0 Å². The van der Waals surface area contributed by atoms with E-state index < -0.39 is 127 Å². The Hall–Kier alpha value is -3.99. The molecule has 0 saturated carbocycles. The minimum atomic E-state index is -1.36. The molecule has 376 valence electrons. The fraction of sp³-hybridized carbons (Fsp3) is 0.740. The minimum absolute atomic E-state index is 0.00546. The van der Waals surface area contributed by atoms with Crippen LogP contribution >= 0.6 is 0 Å². The van der Waals surface area contributed by atoms with Crippen molar-refractivity contribution in [3.05, 3.63) is 35.9 Å². The number of methoxy groups -OCH3 is 1. The maximum atomic E-state index is 13.8. The van der Waals surface area contributed by atoms with E-state index in [9.17, 15) is 34.2 Å². The van der Waals surface area contributed by atoms with Crippen molar-refractivity contribution in [2.75, 3.05) is 40.8 Å². The summed E-state index contributed by atoms with van der Waals surface area (Å²) >= 11 is 0. The Kier molecular flexibility index (Phi) is 21.7. The summed E-state index contributed by atoms with van der Waals surface area (Å²) in [5.74, 6) is 2.10. The highest BCUT2D eigenvalue weighted by atomic mass is 16.7. The number of aldehydes is 1. The smallest absolute Gasteiger partial charge is 0.309 e. The molecule has 3 heterocycles. The van der Waals surface area contributed by atoms with Crippen molar-refractivity contribution >= 4 is 30.2 Å². The van der Waals surface area contributed by atoms with E-state index >= 15 is 0 Å². The summed E-state index contributed by atoms with van der Waals surface area (Å²) in [6.07, 6.45) is -9.54. The molecule has 3 fully saturated rings. The summed E-state index contributed by atoms with van der Waals surface area (Å²) < 4.78 is 49.5. The highest BCUT2D eigenvalue weighted by Gasteiger charge is 2.56. The van der Waals surface area contributed by atoms with E-state index in [0.29, 0.717) is 19.5 Å². The molecule has 17 nitrogen and oxygen atoms in total. The Balaban J connectivity index is 1.75. The zero-order chi connectivity index (χ0) is 49.6. The average molecular weight is 945 g/mol. The zero-order valence-corrected chi connectivity index (χ0v) is 41.3. The number of esters is 4. The van der Waals surface area contributed by atoms with Gasteiger partial charge in [0.25, 0.3) is 0 Å². The van der Waals surface area contributed by atoms with Crippen LogP contribution in [-0.4, -0.2) is 170 Å². The van der Waals surface area contributed by atoms with Crippen molar-refractivity contribution in [1.29, 1.82) is 0 Å². The Morgan fingerprint density at radius 2 is 1.66 bits per heavy atom. The lowest BCUT2D eigenvalue weighted by atomic mass is 9.71. The minimum Gasteiger partial charge on any atom is -0.463 e.